The van der Waals surface area contributed by atoms with E-state index in [-0.39, 0.29) is 29.8 Å². The van der Waals surface area contributed by atoms with Crippen LogP contribution in [0, 0.1) is 11.7 Å². The van der Waals surface area contributed by atoms with Crippen LogP contribution < -0.4 is 21.9 Å². The molecular formula is C22H29FN4O3. The molecule has 0 aliphatic heterocycles. The number of amides is 1. The van der Waals surface area contributed by atoms with Gasteiger partial charge in [0, 0.05) is 19.2 Å². The first-order valence-electron chi connectivity index (χ1n) is 10.1. The number of aromatic amines is 1. The highest BCUT2D eigenvalue weighted by Gasteiger charge is 2.23. The maximum absolute atomic E-state index is 13.1. The normalized spacial score (nSPS) is 11.4. The third-order valence-corrected chi connectivity index (χ3v) is 4.70. The van der Waals surface area contributed by atoms with E-state index in [4.69, 9.17) is 5.73 Å². The van der Waals surface area contributed by atoms with E-state index in [1.54, 1.807) is 18.2 Å². The average Bonchev–Trinajstić information content (AvgIpc) is 2.69. The van der Waals surface area contributed by atoms with Crippen LogP contribution in [0.15, 0.2) is 39.9 Å². The minimum absolute atomic E-state index is 0.0236. The lowest BCUT2D eigenvalue weighted by Crippen LogP contribution is -2.41. The van der Waals surface area contributed by atoms with Gasteiger partial charge < -0.3 is 10.6 Å². The first-order valence-corrected chi connectivity index (χ1v) is 10.1. The topological polar surface area (TPSA) is 101 Å². The molecule has 0 aliphatic carbocycles. The Balaban J connectivity index is 2.45. The fraction of sp³-hybridized carbons (Fsp3) is 0.409. The minimum atomic E-state index is -0.697. The number of unbranched alkanes of at least 4 members (excludes halogenated alkanes) is 1. The summed E-state index contributed by atoms with van der Waals surface area (Å²) in [5, 5.41) is 0. The van der Waals surface area contributed by atoms with Crippen molar-refractivity contribution in [3.63, 3.8) is 0 Å². The molecule has 0 unspecified atom stereocenters. The van der Waals surface area contributed by atoms with E-state index in [1.165, 1.54) is 27.7 Å². The van der Waals surface area contributed by atoms with Crippen molar-refractivity contribution in [2.24, 2.45) is 5.92 Å². The maximum Gasteiger partial charge on any atom is 0.330 e. The molecule has 0 saturated carbocycles. The molecule has 0 spiro atoms. The highest BCUT2D eigenvalue weighted by molar-refractivity contribution is 6.05. The summed E-state index contributed by atoms with van der Waals surface area (Å²) in [7, 11) is 0. The molecule has 2 aromatic rings. The molecule has 3 N–H and O–H groups in total. The number of nitrogen functional groups attached to an aromatic ring is 1. The molecule has 7 nitrogen and oxygen atoms in total. The van der Waals surface area contributed by atoms with Crippen molar-refractivity contribution in [2.75, 3.05) is 17.2 Å². The number of hydrogen-bond donors (Lipinski definition) is 2. The molecule has 1 aromatic heterocycles. The van der Waals surface area contributed by atoms with Gasteiger partial charge in [-0.15, -0.1) is 0 Å². The van der Waals surface area contributed by atoms with Gasteiger partial charge in [0.25, 0.3) is 11.5 Å². The number of halogens is 1. The summed E-state index contributed by atoms with van der Waals surface area (Å²) >= 11 is 0. The van der Waals surface area contributed by atoms with Crippen molar-refractivity contribution in [3.8, 4) is 0 Å². The number of carbonyl (C=O) groups excluding carboxylic acids is 1. The lowest BCUT2D eigenvalue weighted by atomic mass is 10.1. The molecule has 162 valence electrons. The standard InChI is InChI=1S/C22H29FN4O3/c1-4-5-13-27-20(24)19(21(29)25-22(27)30)26(14-12-15(2)3)18(28)11-8-16-6-9-17(23)10-7-16/h6-11,15H,4-5,12-14,24H2,1-3H3,(H,25,29,30). The number of nitrogens with two attached hydrogens (primary N) is 1. The van der Waals surface area contributed by atoms with Gasteiger partial charge >= 0.3 is 5.69 Å². The molecule has 1 aromatic carbocycles. The van der Waals surface area contributed by atoms with E-state index in [9.17, 15) is 18.8 Å². The van der Waals surface area contributed by atoms with Crippen LogP contribution in [0.1, 0.15) is 45.6 Å². The van der Waals surface area contributed by atoms with Gasteiger partial charge in [0.1, 0.15) is 11.6 Å². The van der Waals surface area contributed by atoms with E-state index in [2.05, 4.69) is 4.98 Å². The zero-order valence-electron chi connectivity index (χ0n) is 17.7. The molecular weight excluding hydrogens is 387 g/mol. The molecule has 0 atom stereocenters. The Morgan fingerprint density at radius 2 is 1.93 bits per heavy atom. The number of benzene rings is 1. The van der Waals surface area contributed by atoms with Gasteiger partial charge in [0.05, 0.1) is 0 Å². The smallest absolute Gasteiger partial charge is 0.330 e. The molecule has 30 heavy (non-hydrogen) atoms. The first-order chi connectivity index (χ1) is 14.2. The van der Waals surface area contributed by atoms with Crippen LogP contribution in [0.4, 0.5) is 15.9 Å². The molecule has 1 heterocycles. The van der Waals surface area contributed by atoms with Gasteiger partial charge in [-0.2, -0.15) is 0 Å². The summed E-state index contributed by atoms with van der Waals surface area (Å²) in [6.45, 7) is 6.61. The number of rotatable bonds is 9. The second kappa shape index (κ2) is 10.6. The number of anilines is 2. The zero-order valence-corrected chi connectivity index (χ0v) is 17.7. The molecule has 1 amide bonds. The van der Waals surface area contributed by atoms with Crippen molar-refractivity contribution in [3.05, 3.63) is 62.6 Å². The molecule has 2 rings (SSSR count). The summed E-state index contributed by atoms with van der Waals surface area (Å²) in [5.74, 6) is -0.555. The summed E-state index contributed by atoms with van der Waals surface area (Å²) in [5.41, 5.74) is 5.51. The van der Waals surface area contributed by atoms with Crippen molar-refractivity contribution in [1.29, 1.82) is 0 Å². The van der Waals surface area contributed by atoms with Crippen LogP contribution in [0.2, 0.25) is 0 Å². The van der Waals surface area contributed by atoms with Gasteiger partial charge in [-0.1, -0.05) is 39.3 Å². The Morgan fingerprint density at radius 1 is 1.27 bits per heavy atom. The summed E-state index contributed by atoms with van der Waals surface area (Å²) in [6.07, 6.45) is 5.05. The zero-order chi connectivity index (χ0) is 22.3. The third kappa shape index (κ3) is 5.92. The van der Waals surface area contributed by atoms with Crippen molar-refractivity contribution < 1.29 is 9.18 Å². The number of H-pyrrole nitrogens is 1. The summed E-state index contributed by atoms with van der Waals surface area (Å²) in [6, 6.07) is 5.69. The van der Waals surface area contributed by atoms with Crippen molar-refractivity contribution in [2.45, 2.75) is 46.6 Å². The monoisotopic (exact) mass is 416 g/mol. The molecule has 0 aliphatic rings. The fourth-order valence-electron chi connectivity index (χ4n) is 2.93. The van der Waals surface area contributed by atoms with Gasteiger partial charge in [0.15, 0.2) is 5.69 Å². The number of aromatic nitrogens is 2. The highest BCUT2D eigenvalue weighted by Crippen LogP contribution is 2.19. The predicted molar refractivity (Wildman–Crippen MR) is 118 cm³/mol. The molecule has 0 radical (unpaired) electrons. The fourth-order valence-corrected chi connectivity index (χ4v) is 2.93. The molecule has 0 saturated heterocycles. The van der Waals surface area contributed by atoms with Crippen LogP contribution in [0.25, 0.3) is 6.08 Å². The second-order valence-corrected chi connectivity index (χ2v) is 7.56. The average molecular weight is 416 g/mol. The highest BCUT2D eigenvalue weighted by atomic mass is 19.1. The Kier molecular flexibility index (Phi) is 8.15. The van der Waals surface area contributed by atoms with Crippen LogP contribution >= 0.6 is 0 Å². The summed E-state index contributed by atoms with van der Waals surface area (Å²) < 4.78 is 14.4. The molecule has 0 fully saturated rings. The Bertz CT molecular complexity index is 1010. The SMILES string of the molecule is CCCCn1c(N)c(N(CCC(C)C)C(=O)C=Cc2ccc(F)cc2)c(=O)[nH]c1=O. The van der Waals surface area contributed by atoms with E-state index in [0.717, 1.165) is 6.42 Å². The van der Waals surface area contributed by atoms with E-state index in [1.807, 2.05) is 20.8 Å². The Hall–Kier alpha value is -3.16. The maximum atomic E-state index is 13.1. The van der Waals surface area contributed by atoms with E-state index >= 15 is 0 Å². The summed E-state index contributed by atoms with van der Waals surface area (Å²) in [4.78, 5) is 41.3. The Labute approximate surface area is 175 Å². The van der Waals surface area contributed by atoms with Gasteiger partial charge in [-0.25, -0.2) is 9.18 Å². The lowest BCUT2D eigenvalue weighted by Gasteiger charge is -2.24. The molecule has 0 bridgehead atoms. The van der Waals surface area contributed by atoms with Gasteiger partial charge in [0.2, 0.25) is 0 Å². The van der Waals surface area contributed by atoms with Crippen LogP contribution in [0.5, 0.6) is 0 Å². The largest absolute Gasteiger partial charge is 0.383 e. The third-order valence-electron chi connectivity index (χ3n) is 4.70. The minimum Gasteiger partial charge on any atom is -0.383 e. The Morgan fingerprint density at radius 3 is 2.53 bits per heavy atom. The number of nitrogens with one attached hydrogen (secondary N) is 1. The number of carbonyl (C=O) groups is 1. The molecule has 8 heteroatoms. The van der Waals surface area contributed by atoms with Gasteiger partial charge in [-0.3, -0.25) is 19.1 Å². The number of nitrogens with zero attached hydrogens (tertiary/aromatic N) is 2. The van der Waals surface area contributed by atoms with E-state index in [0.29, 0.717) is 24.9 Å². The van der Waals surface area contributed by atoms with Crippen molar-refractivity contribution >= 4 is 23.5 Å². The van der Waals surface area contributed by atoms with Crippen molar-refractivity contribution in [1.82, 2.24) is 9.55 Å². The quantitative estimate of drug-likeness (QED) is 0.613. The van der Waals surface area contributed by atoms with Gasteiger partial charge in [-0.05, 0) is 42.5 Å². The number of hydrogen-bond acceptors (Lipinski definition) is 4. The first kappa shape index (κ1) is 23.1. The van der Waals surface area contributed by atoms with E-state index < -0.39 is 17.2 Å². The predicted octanol–water partition coefficient (Wildman–Crippen LogP) is 3.15. The second-order valence-electron chi connectivity index (χ2n) is 7.56. The lowest BCUT2D eigenvalue weighted by molar-refractivity contribution is -0.114. The van der Waals surface area contributed by atoms with Crippen LogP contribution in [-0.4, -0.2) is 22.0 Å². The van der Waals surface area contributed by atoms with Crippen LogP contribution in [0.3, 0.4) is 0 Å². The van der Waals surface area contributed by atoms with Crippen LogP contribution in [-0.2, 0) is 11.3 Å².